The second-order valence-corrected chi connectivity index (χ2v) is 9.87. The number of carboxylic acid groups (broad SMARTS) is 1. The number of carbonyl (C=O) groups excluding carboxylic acids is 2. The number of nitrogens with one attached hydrogen (secondary N) is 1. The Kier molecular flexibility index (Phi) is 10.5. The largest absolute Gasteiger partial charge is 0.493 e. The Morgan fingerprint density at radius 1 is 1.10 bits per heavy atom. The fourth-order valence-electron chi connectivity index (χ4n) is 4.94. The zero-order chi connectivity index (χ0) is 28.6. The zero-order valence-electron chi connectivity index (χ0n) is 23.5. The van der Waals surface area contributed by atoms with Crippen LogP contribution in [-0.2, 0) is 14.3 Å². The summed E-state index contributed by atoms with van der Waals surface area (Å²) in [5.74, 6) is -0.696. The molecule has 1 aliphatic rings. The lowest BCUT2D eigenvalue weighted by Crippen LogP contribution is -2.60. The molecule has 212 valence electrons. The van der Waals surface area contributed by atoms with Gasteiger partial charge in [-0.3, -0.25) is 4.79 Å². The molecule has 1 fully saturated rings. The van der Waals surface area contributed by atoms with Gasteiger partial charge in [0.05, 0.1) is 30.9 Å². The van der Waals surface area contributed by atoms with Gasteiger partial charge in [-0.1, -0.05) is 36.4 Å². The summed E-state index contributed by atoms with van der Waals surface area (Å²) >= 11 is 0. The molecule has 2 atom stereocenters. The van der Waals surface area contributed by atoms with Gasteiger partial charge in [-0.15, -0.1) is 0 Å². The van der Waals surface area contributed by atoms with E-state index in [0.717, 1.165) is 16.7 Å². The van der Waals surface area contributed by atoms with Crippen LogP contribution in [0.2, 0.25) is 0 Å². The van der Waals surface area contributed by atoms with Crippen molar-refractivity contribution in [3.05, 3.63) is 64.7 Å². The summed E-state index contributed by atoms with van der Waals surface area (Å²) in [7, 11) is 0. The summed E-state index contributed by atoms with van der Waals surface area (Å²) in [6, 6.07) is 12.4. The first-order valence-electron chi connectivity index (χ1n) is 13.4. The lowest BCUT2D eigenvalue weighted by molar-refractivity contribution is -0.148. The molecule has 0 radical (unpaired) electrons. The molecular weight excluding hydrogens is 500 g/mol. The SMILES string of the molecule is CCOc1c(C(C)=O)ccc([C@@H](C)N(CCO[C@@H](C)c2ccccc2)C(=O)NC2(C(=O)O)CCOCC2)c1C. The van der Waals surface area contributed by atoms with E-state index in [1.165, 1.54) is 6.92 Å². The molecule has 0 bridgehead atoms. The number of ether oxygens (including phenoxy) is 3. The quantitative estimate of drug-likeness (QED) is 0.361. The Labute approximate surface area is 230 Å². The minimum atomic E-state index is -1.41. The molecule has 39 heavy (non-hydrogen) atoms. The number of rotatable bonds is 12. The maximum Gasteiger partial charge on any atom is 0.329 e. The molecule has 2 aromatic carbocycles. The minimum Gasteiger partial charge on any atom is -0.493 e. The summed E-state index contributed by atoms with van der Waals surface area (Å²) in [4.78, 5) is 39.8. The molecule has 0 aliphatic carbocycles. The molecule has 9 heteroatoms. The third-order valence-electron chi connectivity index (χ3n) is 7.37. The molecule has 1 saturated heterocycles. The van der Waals surface area contributed by atoms with Crippen LogP contribution in [0.5, 0.6) is 5.75 Å². The van der Waals surface area contributed by atoms with E-state index in [0.29, 0.717) is 17.9 Å². The van der Waals surface area contributed by atoms with Gasteiger partial charge in [-0.25, -0.2) is 9.59 Å². The fourth-order valence-corrected chi connectivity index (χ4v) is 4.94. The molecule has 2 amide bonds. The smallest absolute Gasteiger partial charge is 0.329 e. The molecule has 3 rings (SSSR count). The Bertz CT molecular complexity index is 1150. The number of urea groups is 1. The van der Waals surface area contributed by atoms with Gasteiger partial charge in [-0.2, -0.15) is 0 Å². The van der Waals surface area contributed by atoms with Crippen molar-refractivity contribution in [2.75, 3.05) is 33.0 Å². The van der Waals surface area contributed by atoms with Crippen LogP contribution in [0.1, 0.15) is 79.7 Å². The number of hydrogen-bond donors (Lipinski definition) is 2. The summed E-state index contributed by atoms with van der Waals surface area (Å²) in [6.45, 7) is 10.4. The predicted molar refractivity (Wildman–Crippen MR) is 147 cm³/mol. The summed E-state index contributed by atoms with van der Waals surface area (Å²) < 4.78 is 17.3. The zero-order valence-corrected chi connectivity index (χ0v) is 23.5. The highest BCUT2D eigenvalue weighted by Gasteiger charge is 2.43. The Morgan fingerprint density at radius 2 is 1.77 bits per heavy atom. The number of Topliss-reactive ketones (excluding diaryl/α,β-unsaturated/α-hetero) is 1. The number of hydrogen-bond acceptors (Lipinski definition) is 6. The van der Waals surface area contributed by atoms with Crippen LogP contribution >= 0.6 is 0 Å². The van der Waals surface area contributed by atoms with E-state index in [4.69, 9.17) is 14.2 Å². The average molecular weight is 541 g/mol. The van der Waals surface area contributed by atoms with Crippen LogP contribution < -0.4 is 10.1 Å². The highest BCUT2D eigenvalue weighted by molar-refractivity contribution is 5.97. The molecule has 1 heterocycles. The van der Waals surface area contributed by atoms with Crippen molar-refractivity contribution in [3.8, 4) is 5.75 Å². The predicted octanol–water partition coefficient (Wildman–Crippen LogP) is 5.08. The van der Waals surface area contributed by atoms with Crippen molar-refractivity contribution in [3.63, 3.8) is 0 Å². The number of nitrogens with zero attached hydrogens (tertiary/aromatic N) is 1. The topological polar surface area (TPSA) is 114 Å². The molecular formula is C30H40N2O7. The van der Waals surface area contributed by atoms with Crippen molar-refractivity contribution in [2.45, 2.75) is 65.1 Å². The van der Waals surface area contributed by atoms with Crippen molar-refractivity contribution in [1.82, 2.24) is 10.2 Å². The number of carboxylic acids is 1. The van der Waals surface area contributed by atoms with Crippen LogP contribution in [-0.4, -0.2) is 66.3 Å². The van der Waals surface area contributed by atoms with E-state index in [2.05, 4.69) is 5.32 Å². The first-order chi connectivity index (χ1) is 18.6. The standard InChI is InChI=1S/C30H40N2O7/c1-6-38-27-20(2)25(12-13-26(27)22(4)33)21(3)32(16-19-39-23(5)24-10-8-7-9-11-24)29(36)31-30(28(34)35)14-17-37-18-15-30/h7-13,21,23H,6,14-19H2,1-5H3,(H,31,36)(H,34,35)/t21-,23+/m1/s1. The molecule has 0 spiro atoms. The van der Waals surface area contributed by atoms with Crippen molar-refractivity contribution >= 4 is 17.8 Å². The second-order valence-electron chi connectivity index (χ2n) is 9.87. The Balaban J connectivity index is 1.90. The summed E-state index contributed by atoms with van der Waals surface area (Å²) in [5, 5.41) is 12.8. The molecule has 0 unspecified atom stereocenters. The van der Waals surface area contributed by atoms with Gasteiger partial charge >= 0.3 is 12.0 Å². The van der Waals surface area contributed by atoms with Gasteiger partial charge in [0.2, 0.25) is 0 Å². The summed E-state index contributed by atoms with van der Waals surface area (Å²) in [6.07, 6.45) is 0.172. The van der Waals surface area contributed by atoms with E-state index in [9.17, 15) is 19.5 Å². The van der Waals surface area contributed by atoms with Crippen LogP contribution in [0.15, 0.2) is 42.5 Å². The monoisotopic (exact) mass is 540 g/mol. The van der Waals surface area contributed by atoms with Gasteiger partial charge in [-0.05, 0) is 57.4 Å². The van der Waals surface area contributed by atoms with Crippen molar-refractivity contribution in [1.29, 1.82) is 0 Å². The number of benzene rings is 2. The molecule has 0 saturated carbocycles. The maximum absolute atomic E-state index is 13.7. The van der Waals surface area contributed by atoms with Crippen LogP contribution in [0, 0.1) is 6.92 Å². The van der Waals surface area contributed by atoms with Gasteiger partial charge < -0.3 is 29.5 Å². The lowest BCUT2D eigenvalue weighted by atomic mass is 9.90. The average Bonchev–Trinajstić information content (AvgIpc) is 2.92. The molecule has 9 nitrogen and oxygen atoms in total. The van der Waals surface area contributed by atoms with Crippen molar-refractivity contribution in [2.24, 2.45) is 0 Å². The molecule has 2 aromatic rings. The lowest BCUT2D eigenvalue weighted by Gasteiger charge is -2.38. The van der Waals surface area contributed by atoms with Crippen LogP contribution in [0.4, 0.5) is 4.79 Å². The van der Waals surface area contributed by atoms with E-state index in [1.54, 1.807) is 11.0 Å². The van der Waals surface area contributed by atoms with Crippen LogP contribution in [0.25, 0.3) is 0 Å². The molecule has 0 aromatic heterocycles. The second kappa shape index (κ2) is 13.6. The van der Waals surface area contributed by atoms with Crippen molar-refractivity contribution < 1.29 is 33.7 Å². The Morgan fingerprint density at radius 3 is 2.36 bits per heavy atom. The highest BCUT2D eigenvalue weighted by atomic mass is 16.5. The van der Waals surface area contributed by atoms with Gasteiger partial charge in [0, 0.05) is 32.6 Å². The van der Waals surface area contributed by atoms with E-state index in [1.807, 2.05) is 64.1 Å². The van der Waals surface area contributed by atoms with E-state index in [-0.39, 0.29) is 51.1 Å². The first kappa shape index (κ1) is 30.1. The van der Waals surface area contributed by atoms with Gasteiger partial charge in [0.1, 0.15) is 11.3 Å². The number of aliphatic carboxylic acids is 1. The maximum atomic E-state index is 13.7. The highest BCUT2D eigenvalue weighted by Crippen LogP contribution is 2.34. The van der Waals surface area contributed by atoms with E-state index < -0.39 is 23.6 Å². The third kappa shape index (κ3) is 7.16. The number of amides is 2. The third-order valence-corrected chi connectivity index (χ3v) is 7.37. The fraction of sp³-hybridized carbons (Fsp3) is 0.500. The normalized spacial score (nSPS) is 16.1. The van der Waals surface area contributed by atoms with Crippen LogP contribution in [0.3, 0.4) is 0 Å². The number of ketones is 1. The molecule has 2 N–H and O–H groups in total. The molecule has 1 aliphatic heterocycles. The minimum absolute atomic E-state index is 0.110. The van der Waals surface area contributed by atoms with Gasteiger partial charge in [0.15, 0.2) is 5.78 Å². The Hall–Kier alpha value is -3.43. The first-order valence-corrected chi connectivity index (χ1v) is 13.4. The number of carbonyl (C=O) groups is 3. The summed E-state index contributed by atoms with van der Waals surface area (Å²) in [5.41, 5.74) is 1.65. The van der Waals surface area contributed by atoms with Gasteiger partial charge in [0.25, 0.3) is 0 Å². The van der Waals surface area contributed by atoms with E-state index >= 15 is 0 Å².